The summed E-state index contributed by atoms with van der Waals surface area (Å²) >= 11 is 17.4. The molecule has 0 bridgehead atoms. The predicted molar refractivity (Wildman–Crippen MR) is 134 cm³/mol. The van der Waals surface area contributed by atoms with Crippen LogP contribution in [-0.4, -0.2) is 48.0 Å². The van der Waals surface area contributed by atoms with Crippen LogP contribution in [0.15, 0.2) is 41.4 Å². The van der Waals surface area contributed by atoms with E-state index < -0.39 is 22.1 Å². The average Bonchev–Trinajstić information content (AvgIpc) is 3.07. The number of aromatic nitrogens is 2. The first-order valence-corrected chi connectivity index (χ1v) is 10.9. The molecule has 0 spiro atoms. The van der Waals surface area contributed by atoms with Crippen LogP contribution in [0.2, 0.25) is 10.0 Å². The van der Waals surface area contributed by atoms with Crippen molar-refractivity contribution in [2.75, 3.05) is 6.54 Å². The highest BCUT2D eigenvalue weighted by Gasteiger charge is 2.21. The van der Waals surface area contributed by atoms with Gasteiger partial charge >= 0.3 is 5.97 Å². The normalized spacial score (nSPS) is 11.5. The largest absolute Gasteiger partial charge is 0.504 e. The third kappa shape index (κ3) is 5.41. The van der Waals surface area contributed by atoms with Gasteiger partial charge < -0.3 is 10.2 Å². The van der Waals surface area contributed by atoms with E-state index in [1.807, 2.05) is 0 Å². The van der Waals surface area contributed by atoms with Crippen molar-refractivity contribution in [1.29, 1.82) is 0 Å². The van der Waals surface area contributed by atoms with Crippen molar-refractivity contribution in [3.63, 3.8) is 0 Å². The van der Waals surface area contributed by atoms with Gasteiger partial charge in [-0.25, -0.2) is 4.79 Å². The van der Waals surface area contributed by atoms with E-state index >= 15 is 0 Å². The minimum absolute atomic E-state index is 0.0760. The Bertz CT molecular complexity index is 1350. The van der Waals surface area contributed by atoms with Crippen molar-refractivity contribution < 1.29 is 19.9 Å². The molecule has 0 atom stereocenters. The molecule has 0 aliphatic carbocycles. The van der Waals surface area contributed by atoms with Gasteiger partial charge in [-0.2, -0.15) is 5.10 Å². The molecule has 34 heavy (non-hydrogen) atoms. The molecule has 3 rings (SSSR count). The summed E-state index contributed by atoms with van der Waals surface area (Å²) in [6.07, 6.45) is 0.190. The number of aromatic hydroxyl groups is 1. The second-order valence-corrected chi connectivity index (χ2v) is 8.72. The summed E-state index contributed by atoms with van der Waals surface area (Å²) in [6.45, 7) is 1.78. The molecule has 1 heterocycles. The number of nitrogens with zero attached hydrogens (tertiary/aromatic N) is 4. The molecule has 0 aliphatic rings. The van der Waals surface area contributed by atoms with E-state index in [1.54, 1.807) is 32.2 Å². The van der Waals surface area contributed by atoms with E-state index in [0.29, 0.717) is 37.4 Å². The average molecular weight is 521 g/mol. The monoisotopic (exact) mass is 520 g/mol. The van der Waals surface area contributed by atoms with Crippen LogP contribution in [0, 0.1) is 10.1 Å². The summed E-state index contributed by atoms with van der Waals surface area (Å²) in [5.74, 6) is -1.45. The molecule has 0 fully saturated rings. The number of nitro groups is 1. The van der Waals surface area contributed by atoms with Crippen molar-refractivity contribution in [3.8, 4) is 17.0 Å². The quantitative estimate of drug-likeness (QED) is 0.182. The van der Waals surface area contributed by atoms with Gasteiger partial charge in [-0.1, -0.05) is 47.6 Å². The van der Waals surface area contributed by atoms with Crippen molar-refractivity contribution in [2.24, 2.45) is 12.0 Å². The minimum atomic E-state index is -1.38. The summed E-state index contributed by atoms with van der Waals surface area (Å²) < 4.78 is 1.50. The number of nitro benzene ring substituents is 1. The van der Waals surface area contributed by atoms with Crippen molar-refractivity contribution >= 4 is 57.7 Å². The standard InChI is InChI=1S/C22H18Cl2N4O5S/c1-11(19-21(29)20(27(2)26-19)13-4-6-16(23)17(24)9-13)25-10-14(34)7-12-3-5-15(22(30)31)18(8-12)28(32)33/h3-6,8-9,29H,7,10H2,1-2H3,(H,30,31). The number of halogens is 2. The molecule has 176 valence electrons. The zero-order valence-electron chi connectivity index (χ0n) is 18.0. The molecule has 0 saturated carbocycles. The molecule has 0 radical (unpaired) electrons. The third-order valence-electron chi connectivity index (χ3n) is 4.94. The Hall–Kier alpha value is -3.34. The SMILES string of the molecule is CC(=NCC(=S)Cc1ccc(C(=O)O)c([N+](=O)[O-])c1)c1nn(C)c(-c2ccc(Cl)c(Cl)c2)c1O. The fourth-order valence-corrected chi connectivity index (χ4v) is 3.84. The first kappa shape index (κ1) is 25.3. The van der Waals surface area contributed by atoms with Gasteiger partial charge in [-0.15, -0.1) is 0 Å². The molecule has 12 heteroatoms. The van der Waals surface area contributed by atoms with E-state index in [4.69, 9.17) is 40.5 Å². The van der Waals surface area contributed by atoms with Gasteiger partial charge in [0, 0.05) is 30.0 Å². The molecular weight excluding hydrogens is 503 g/mol. The van der Waals surface area contributed by atoms with E-state index in [9.17, 15) is 20.0 Å². The Labute approximate surface area is 209 Å². The number of carbonyl (C=O) groups is 1. The second kappa shape index (κ2) is 10.3. The summed E-state index contributed by atoms with van der Waals surface area (Å²) in [5, 5.41) is 36.1. The van der Waals surface area contributed by atoms with Crippen LogP contribution in [0.4, 0.5) is 5.69 Å². The molecule has 0 amide bonds. The molecule has 0 unspecified atom stereocenters. The lowest BCUT2D eigenvalue weighted by atomic mass is 10.1. The summed E-state index contributed by atoms with van der Waals surface area (Å²) in [4.78, 5) is 26.5. The number of aliphatic imine (C=N–C) groups is 1. The molecule has 1 aromatic heterocycles. The van der Waals surface area contributed by atoms with Gasteiger partial charge in [-0.05, 0) is 30.7 Å². The lowest BCUT2D eigenvalue weighted by Crippen LogP contribution is -2.09. The number of hydrogen-bond donors (Lipinski definition) is 2. The second-order valence-electron chi connectivity index (χ2n) is 7.33. The van der Waals surface area contributed by atoms with Crippen LogP contribution in [-0.2, 0) is 13.5 Å². The number of benzene rings is 2. The van der Waals surface area contributed by atoms with Crippen LogP contribution in [0.1, 0.15) is 28.5 Å². The van der Waals surface area contributed by atoms with Crippen LogP contribution in [0.25, 0.3) is 11.3 Å². The first-order chi connectivity index (χ1) is 16.0. The van der Waals surface area contributed by atoms with Crippen molar-refractivity contribution in [3.05, 3.63) is 73.4 Å². The van der Waals surface area contributed by atoms with Crippen LogP contribution < -0.4 is 0 Å². The Morgan fingerprint density at radius 3 is 2.56 bits per heavy atom. The highest BCUT2D eigenvalue weighted by atomic mass is 35.5. The zero-order chi connectivity index (χ0) is 25.2. The molecule has 0 saturated heterocycles. The number of aromatic carboxylic acids is 1. The van der Waals surface area contributed by atoms with Gasteiger partial charge in [0.15, 0.2) is 5.75 Å². The van der Waals surface area contributed by atoms with Crippen LogP contribution in [0.3, 0.4) is 0 Å². The molecule has 2 aromatic carbocycles. The highest BCUT2D eigenvalue weighted by Crippen LogP contribution is 2.35. The summed E-state index contributed by atoms with van der Waals surface area (Å²) in [6, 6.07) is 8.82. The minimum Gasteiger partial charge on any atom is -0.504 e. The lowest BCUT2D eigenvalue weighted by molar-refractivity contribution is -0.385. The topological polar surface area (TPSA) is 131 Å². The van der Waals surface area contributed by atoms with Crippen molar-refractivity contribution in [1.82, 2.24) is 9.78 Å². The lowest BCUT2D eigenvalue weighted by Gasteiger charge is -2.05. The number of carboxylic acids is 1. The Kier molecular flexibility index (Phi) is 7.65. The Morgan fingerprint density at radius 2 is 1.94 bits per heavy atom. The Balaban J connectivity index is 1.78. The predicted octanol–water partition coefficient (Wildman–Crippen LogP) is 5.13. The van der Waals surface area contributed by atoms with E-state index in [1.165, 1.54) is 22.9 Å². The van der Waals surface area contributed by atoms with E-state index in [2.05, 4.69) is 10.1 Å². The van der Waals surface area contributed by atoms with Gasteiger partial charge in [0.2, 0.25) is 0 Å². The molecule has 9 nitrogen and oxygen atoms in total. The summed E-state index contributed by atoms with van der Waals surface area (Å²) in [7, 11) is 1.67. The number of hydrogen-bond acceptors (Lipinski definition) is 7. The maximum absolute atomic E-state index is 11.2. The smallest absolute Gasteiger partial charge is 0.342 e. The maximum atomic E-state index is 11.2. The van der Waals surface area contributed by atoms with E-state index in [0.717, 1.165) is 0 Å². The number of aryl methyl sites for hydroxylation is 1. The zero-order valence-corrected chi connectivity index (χ0v) is 20.3. The number of thiocarbonyl (C=S) groups is 1. The number of rotatable bonds is 8. The number of carboxylic acid groups (broad SMARTS) is 1. The van der Waals surface area contributed by atoms with Gasteiger partial charge in [0.25, 0.3) is 5.69 Å². The fraction of sp³-hybridized carbons (Fsp3) is 0.182. The Morgan fingerprint density at radius 1 is 1.24 bits per heavy atom. The van der Waals surface area contributed by atoms with Gasteiger partial charge in [0.05, 0.1) is 27.2 Å². The summed E-state index contributed by atoms with van der Waals surface area (Å²) in [5.41, 5.74) is 1.39. The highest BCUT2D eigenvalue weighted by molar-refractivity contribution is 7.80. The van der Waals surface area contributed by atoms with Crippen LogP contribution >= 0.6 is 35.4 Å². The van der Waals surface area contributed by atoms with Crippen molar-refractivity contribution in [2.45, 2.75) is 13.3 Å². The molecule has 3 aromatic rings. The molecule has 2 N–H and O–H groups in total. The van der Waals surface area contributed by atoms with E-state index in [-0.39, 0.29) is 24.4 Å². The maximum Gasteiger partial charge on any atom is 0.342 e. The van der Waals surface area contributed by atoms with Gasteiger partial charge in [0.1, 0.15) is 17.0 Å². The third-order valence-corrected chi connectivity index (χ3v) is 5.95. The first-order valence-electron chi connectivity index (χ1n) is 9.74. The van der Waals surface area contributed by atoms with Gasteiger partial charge in [-0.3, -0.25) is 19.8 Å². The molecular formula is C22H18Cl2N4O5S. The van der Waals surface area contributed by atoms with Crippen LogP contribution in [0.5, 0.6) is 5.75 Å². The molecule has 0 aliphatic heterocycles. The fourth-order valence-electron chi connectivity index (χ4n) is 3.31.